The van der Waals surface area contributed by atoms with Crippen LogP contribution in [-0.2, 0) is 4.74 Å². The van der Waals surface area contributed by atoms with Crippen LogP contribution in [0.1, 0.15) is 31.9 Å². The van der Waals surface area contributed by atoms with Gasteiger partial charge in [0, 0.05) is 19.2 Å². The summed E-state index contributed by atoms with van der Waals surface area (Å²) in [6.45, 7) is 7.09. The molecule has 3 heteroatoms. The molecule has 1 aliphatic heterocycles. The average Bonchev–Trinajstić information content (AvgIpc) is 2.84. The summed E-state index contributed by atoms with van der Waals surface area (Å²) in [6.07, 6.45) is 1.14. The molecule has 0 spiro atoms. The van der Waals surface area contributed by atoms with Crippen molar-refractivity contribution in [3.05, 3.63) is 35.6 Å². The summed E-state index contributed by atoms with van der Waals surface area (Å²) in [6, 6.07) is 7.10. The summed E-state index contributed by atoms with van der Waals surface area (Å²) >= 11 is 0. The summed E-state index contributed by atoms with van der Waals surface area (Å²) in [5, 5.41) is 3.59. The van der Waals surface area contributed by atoms with Crippen LogP contribution in [0.15, 0.2) is 24.3 Å². The smallest absolute Gasteiger partial charge is 0.123 e. The number of hydrogen-bond donors (Lipinski definition) is 1. The maximum Gasteiger partial charge on any atom is 0.123 e. The molecule has 2 rings (SSSR count). The summed E-state index contributed by atoms with van der Waals surface area (Å²) in [5.41, 5.74) is 1.16. The van der Waals surface area contributed by atoms with Crippen molar-refractivity contribution in [3.63, 3.8) is 0 Å². The van der Waals surface area contributed by atoms with E-state index in [2.05, 4.69) is 19.2 Å². The molecule has 1 heterocycles. The lowest BCUT2D eigenvalue weighted by Gasteiger charge is -2.24. The highest BCUT2D eigenvalue weighted by molar-refractivity contribution is 5.20. The first-order valence-electron chi connectivity index (χ1n) is 6.73. The highest BCUT2D eigenvalue weighted by Gasteiger charge is 2.20. The van der Waals surface area contributed by atoms with Gasteiger partial charge in [-0.05, 0) is 36.0 Å². The normalized spacial score (nSPS) is 21.4. The van der Waals surface area contributed by atoms with E-state index in [0.717, 1.165) is 31.7 Å². The highest BCUT2D eigenvalue weighted by atomic mass is 19.1. The molecule has 1 N–H and O–H groups in total. The Labute approximate surface area is 109 Å². The van der Waals surface area contributed by atoms with Crippen molar-refractivity contribution in [1.29, 1.82) is 0 Å². The van der Waals surface area contributed by atoms with Crippen LogP contribution in [0.2, 0.25) is 0 Å². The van der Waals surface area contributed by atoms with Gasteiger partial charge in [-0.1, -0.05) is 26.0 Å². The minimum atomic E-state index is -0.176. The van der Waals surface area contributed by atoms with Crippen molar-refractivity contribution in [2.75, 3.05) is 19.8 Å². The van der Waals surface area contributed by atoms with Crippen LogP contribution >= 0.6 is 0 Å². The van der Waals surface area contributed by atoms with Gasteiger partial charge >= 0.3 is 0 Å². The molecule has 1 saturated heterocycles. The van der Waals surface area contributed by atoms with Crippen molar-refractivity contribution >= 4 is 0 Å². The van der Waals surface area contributed by atoms with E-state index in [-0.39, 0.29) is 11.9 Å². The molecule has 0 saturated carbocycles. The molecule has 18 heavy (non-hydrogen) atoms. The van der Waals surface area contributed by atoms with Gasteiger partial charge < -0.3 is 10.1 Å². The molecule has 1 fully saturated rings. The molecule has 1 aromatic rings. The predicted molar refractivity (Wildman–Crippen MR) is 70.9 cm³/mol. The number of rotatable bonds is 5. The standard InChI is InChI=1S/C15H22FNO/c1-11(2)15(13-3-5-14(16)6-4-13)17-9-12-7-8-18-10-12/h3-6,11-12,15,17H,7-10H2,1-2H3. The van der Waals surface area contributed by atoms with Gasteiger partial charge in [0.25, 0.3) is 0 Å². The Bertz CT molecular complexity index is 357. The van der Waals surface area contributed by atoms with Crippen LogP contribution in [0.5, 0.6) is 0 Å². The van der Waals surface area contributed by atoms with Gasteiger partial charge in [-0.2, -0.15) is 0 Å². The minimum absolute atomic E-state index is 0.176. The van der Waals surface area contributed by atoms with Crippen molar-refractivity contribution in [2.45, 2.75) is 26.3 Å². The lowest BCUT2D eigenvalue weighted by molar-refractivity contribution is 0.184. The molecular formula is C15H22FNO. The zero-order valence-corrected chi connectivity index (χ0v) is 11.2. The van der Waals surface area contributed by atoms with Crippen LogP contribution in [0.25, 0.3) is 0 Å². The van der Waals surface area contributed by atoms with Gasteiger partial charge in [-0.15, -0.1) is 0 Å². The molecule has 100 valence electrons. The van der Waals surface area contributed by atoms with E-state index in [0.29, 0.717) is 11.8 Å². The predicted octanol–water partition coefficient (Wildman–Crippen LogP) is 3.15. The number of halogens is 1. The first-order valence-corrected chi connectivity index (χ1v) is 6.73. The highest BCUT2D eigenvalue weighted by Crippen LogP contribution is 2.23. The van der Waals surface area contributed by atoms with Gasteiger partial charge in [0.2, 0.25) is 0 Å². The second kappa shape index (κ2) is 6.30. The third-order valence-corrected chi connectivity index (χ3v) is 3.55. The Kier molecular flexibility index (Phi) is 4.72. The van der Waals surface area contributed by atoms with Gasteiger partial charge in [0.05, 0.1) is 6.61 Å². The van der Waals surface area contributed by atoms with Crippen molar-refractivity contribution in [1.82, 2.24) is 5.32 Å². The first-order chi connectivity index (χ1) is 8.66. The molecule has 0 aliphatic carbocycles. The number of benzene rings is 1. The van der Waals surface area contributed by atoms with E-state index in [4.69, 9.17) is 4.74 Å². The molecule has 1 aliphatic rings. The second-order valence-corrected chi connectivity index (χ2v) is 5.41. The third kappa shape index (κ3) is 3.53. The van der Waals surface area contributed by atoms with Crippen LogP contribution in [0.3, 0.4) is 0 Å². The molecule has 1 aromatic carbocycles. The van der Waals surface area contributed by atoms with E-state index < -0.39 is 0 Å². The lowest BCUT2D eigenvalue weighted by Crippen LogP contribution is -2.30. The summed E-state index contributed by atoms with van der Waals surface area (Å²) in [5.74, 6) is 0.926. The van der Waals surface area contributed by atoms with Crippen molar-refractivity contribution < 1.29 is 9.13 Å². The molecule has 2 unspecified atom stereocenters. The molecule has 2 nitrogen and oxygen atoms in total. The van der Waals surface area contributed by atoms with Crippen LogP contribution < -0.4 is 5.32 Å². The molecule has 0 amide bonds. The monoisotopic (exact) mass is 251 g/mol. The lowest BCUT2D eigenvalue weighted by atomic mass is 9.95. The number of ether oxygens (including phenoxy) is 1. The molecular weight excluding hydrogens is 229 g/mol. The Morgan fingerprint density at radius 3 is 2.61 bits per heavy atom. The fourth-order valence-corrected chi connectivity index (χ4v) is 2.45. The van der Waals surface area contributed by atoms with E-state index >= 15 is 0 Å². The van der Waals surface area contributed by atoms with Gasteiger partial charge in [0.1, 0.15) is 5.82 Å². The number of nitrogens with one attached hydrogen (secondary N) is 1. The van der Waals surface area contributed by atoms with Crippen molar-refractivity contribution in [2.24, 2.45) is 11.8 Å². The fourth-order valence-electron chi connectivity index (χ4n) is 2.45. The zero-order valence-electron chi connectivity index (χ0n) is 11.2. The number of hydrogen-bond acceptors (Lipinski definition) is 2. The topological polar surface area (TPSA) is 21.3 Å². The van der Waals surface area contributed by atoms with Crippen LogP contribution in [0.4, 0.5) is 4.39 Å². The first kappa shape index (κ1) is 13.5. The summed E-state index contributed by atoms with van der Waals surface area (Å²) < 4.78 is 18.3. The maximum absolute atomic E-state index is 12.9. The van der Waals surface area contributed by atoms with E-state index in [1.807, 2.05) is 12.1 Å². The molecule has 2 atom stereocenters. The minimum Gasteiger partial charge on any atom is -0.381 e. The largest absolute Gasteiger partial charge is 0.381 e. The van der Waals surface area contributed by atoms with Crippen LogP contribution in [0, 0.1) is 17.7 Å². The van der Waals surface area contributed by atoms with E-state index in [9.17, 15) is 4.39 Å². The average molecular weight is 251 g/mol. The zero-order chi connectivity index (χ0) is 13.0. The SMILES string of the molecule is CC(C)C(NCC1CCOC1)c1ccc(F)cc1. The summed E-state index contributed by atoms with van der Waals surface area (Å²) in [4.78, 5) is 0. The summed E-state index contributed by atoms with van der Waals surface area (Å²) in [7, 11) is 0. The maximum atomic E-state index is 12.9. The van der Waals surface area contributed by atoms with Crippen LogP contribution in [-0.4, -0.2) is 19.8 Å². The second-order valence-electron chi connectivity index (χ2n) is 5.41. The third-order valence-electron chi connectivity index (χ3n) is 3.55. The fraction of sp³-hybridized carbons (Fsp3) is 0.600. The Morgan fingerprint density at radius 2 is 2.06 bits per heavy atom. The van der Waals surface area contributed by atoms with Gasteiger partial charge in [-0.3, -0.25) is 0 Å². The molecule has 0 aromatic heterocycles. The quantitative estimate of drug-likeness (QED) is 0.868. The van der Waals surface area contributed by atoms with Gasteiger partial charge in [0.15, 0.2) is 0 Å². The Balaban J connectivity index is 1.96. The Morgan fingerprint density at radius 1 is 1.33 bits per heavy atom. The van der Waals surface area contributed by atoms with Crippen molar-refractivity contribution in [3.8, 4) is 0 Å². The van der Waals surface area contributed by atoms with E-state index in [1.54, 1.807) is 0 Å². The Hall–Kier alpha value is -0.930. The molecule has 0 radical (unpaired) electrons. The van der Waals surface area contributed by atoms with Gasteiger partial charge in [-0.25, -0.2) is 4.39 Å². The molecule has 0 bridgehead atoms. The van der Waals surface area contributed by atoms with E-state index in [1.165, 1.54) is 12.1 Å².